The van der Waals surface area contributed by atoms with Crippen molar-refractivity contribution in [2.75, 3.05) is 17.6 Å². The lowest BCUT2D eigenvalue weighted by Crippen LogP contribution is -2.37. The van der Waals surface area contributed by atoms with Crippen LogP contribution in [0.5, 0.6) is 0 Å². The molecular weight excluding hydrogens is 429 g/mol. The van der Waals surface area contributed by atoms with Crippen LogP contribution in [-0.2, 0) is 17.5 Å². The molecule has 10 heteroatoms. The van der Waals surface area contributed by atoms with Crippen molar-refractivity contribution in [3.63, 3.8) is 0 Å². The molecule has 3 heterocycles. The molecule has 162 valence electrons. The summed E-state index contributed by atoms with van der Waals surface area (Å²) in [7, 11) is -1.92. The molecule has 1 aromatic carbocycles. The number of para-hydroxylation sites is 1. The number of nitrogens with one attached hydrogen (secondary N) is 2. The number of H-pyrrole nitrogens is 1. The van der Waals surface area contributed by atoms with Gasteiger partial charge in [0, 0.05) is 35.1 Å². The summed E-state index contributed by atoms with van der Waals surface area (Å²) in [6.45, 7) is -0.130. The van der Waals surface area contributed by atoms with Gasteiger partial charge < -0.3 is 10.3 Å². The van der Waals surface area contributed by atoms with Crippen LogP contribution in [0, 0.1) is 0 Å². The summed E-state index contributed by atoms with van der Waals surface area (Å²) in [6.07, 6.45) is -2.30. The van der Waals surface area contributed by atoms with E-state index in [1.807, 2.05) is 30.3 Å². The Morgan fingerprint density at radius 3 is 2.48 bits per heavy atom. The highest BCUT2D eigenvalue weighted by Crippen LogP contribution is 2.38. The lowest BCUT2D eigenvalue weighted by Gasteiger charge is -2.25. The molecule has 31 heavy (non-hydrogen) atoms. The Hall–Kier alpha value is -2.98. The van der Waals surface area contributed by atoms with Crippen molar-refractivity contribution in [3.8, 4) is 11.3 Å². The number of carbonyl (C=O) groups is 1. The summed E-state index contributed by atoms with van der Waals surface area (Å²) >= 11 is 0. The van der Waals surface area contributed by atoms with Crippen molar-refractivity contribution < 1.29 is 22.2 Å². The number of aromatic nitrogens is 2. The van der Waals surface area contributed by atoms with E-state index in [9.17, 15) is 22.2 Å². The first kappa shape index (κ1) is 21.3. The molecule has 1 atom stereocenters. The van der Waals surface area contributed by atoms with E-state index in [1.54, 1.807) is 24.5 Å². The number of benzene rings is 1. The van der Waals surface area contributed by atoms with E-state index in [0.29, 0.717) is 22.6 Å². The molecule has 1 aliphatic rings. The van der Waals surface area contributed by atoms with Gasteiger partial charge in [0.25, 0.3) is 0 Å². The number of rotatable bonds is 6. The van der Waals surface area contributed by atoms with Crippen molar-refractivity contribution in [3.05, 3.63) is 66.1 Å². The minimum Gasteiger partial charge on any atom is -0.355 e. The van der Waals surface area contributed by atoms with Crippen molar-refractivity contribution in [1.29, 1.82) is 0 Å². The zero-order valence-corrected chi connectivity index (χ0v) is 17.1. The number of ketones is 1. The maximum atomic E-state index is 13.0. The second-order valence-corrected chi connectivity index (χ2v) is 8.64. The summed E-state index contributed by atoms with van der Waals surface area (Å²) in [6, 6.07) is 12.9. The molecule has 2 aromatic heterocycles. The zero-order chi connectivity index (χ0) is 22.0. The summed E-state index contributed by atoms with van der Waals surface area (Å²) in [5.41, 5.74) is 3.76. The van der Waals surface area contributed by atoms with Crippen LogP contribution in [0.1, 0.15) is 22.5 Å². The quantitative estimate of drug-likeness (QED) is 0.585. The maximum Gasteiger partial charge on any atom is 0.390 e. The molecule has 1 aliphatic heterocycles. The first-order valence-electron chi connectivity index (χ1n) is 9.52. The molecule has 0 fully saturated rings. The normalized spacial score (nSPS) is 15.5. The van der Waals surface area contributed by atoms with Crippen LogP contribution in [0.3, 0.4) is 0 Å². The number of Topliss-reactive ketones (excluding diaryl/α,β-unsaturated/α-hetero) is 1. The van der Waals surface area contributed by atoms with Crippen LogP contribution in [0.15, 0.2) is 54.9 Å². The van der Waals surface area contributed by atoms with Crippen LogP contribution in [0.4, 0.5) is 24.5 Å². The van der Waals surface area contributed by atoms with Gasteiger partial charge in [-0.1, -0.05) is 18.2 Å². The lowest BCUT2D eigenvalue weighted by molar-refractivity contribution is -0.129. The van der Waals surface area contributed by atoms with Gasteiger partial charge in [0.15, 0.2) is 5.78 Å². The number of alkyl halides is 3. The zero-order valence-electron chi connectivity index (χ0n) is 16.3. The number of pyridine rings is 1. The fraction of sp³-hybridized carbons (Fsp3) is 0.238. The summed E-state index contributed by atoms with van der Waals surface area (Å²) in [5.74, 6) is -0.879. The van der Waals surface area contributed by atoms with E-state index in [-0.39, 0.29) is 18.9 Å². The Balaban J connectivity index is 1.69. The first-order chi connectivity index (χ1) is 14.8. The number of hydrogen-bond acceptors (Lipinski definition) is 4. The van der Waals surface area contributed by atoms with Crippen LogP contribution in [0.2, 0.25) is 0 Å². The van der Waals surface area contributed by atoms with Crippen molar-refractivity contribution in [2.45, 2.75) is 19.1 Å². The van der Waals surface area contributed by atoms with Gasteiger partial charge in [-0.05, 0) is 24.3 Å². The smallest absolute Gasteiger partial charge is 0.355 e. The highest BCUT2D eigenvalue weighted by molar-refractivity contribution is 7.82. The molecule has 0 bridgehead atoms. The number of nitrogens with zero attached hydrogens (tertiary/aromatic N) is 2. The highest BCUT2D eigenvalue weighted by Gasteiger charge is 2.34. The van der Waals surface area contributed by atoms with Crippen LogP contribution < -0.4 is 5.32 Å². The SMILES string of the molecule is O=C1CN(S(=O)CCC(F)(F)F)Cc2[nH]c(-c3ccncc3)c(Nc3ccccc3)c21. The van der Waals surface area contributed by atoms with E-state index in [0.717, 1.165) is 11.3 Å². The van der Waals surface area contributed by atoms with Gasteiger partial charge in [0.1, 0.15) is 0 Å². The number of aromatic amines is 1. The van der Waals surface area contributed by atoms with Crippen molar-refractivity contribution in [2.24, 2.45) is 0 Å². The maximum absolute atomic E-state index is 13.0. The van der Waals surface area contributed by atoms with Crippen LogP contribution in [0.25, 0.3) is 11.3 Å². The fourth-order valence-corrected chi connectivity index (χ4v) is 4.65. The van der Waals surface area contributed by atoms with Crippen molar-refractivity contribution >= 4 is 28.1 Å². The van der Waals surface area contributed by atoms with E-state index in [2.05, 4.69) is 15.3 Å². The summed E-state index contributed by atoms with van der Waals surface area (Å²) < 4.78 is 51.2. The van der Waals surface area contributed by atoms with Gasteiger partial charge in [-0.15, -0.1) is 0 Å². The van der Waals surface area contributed by atoms with Crippen molar-refractivity contribution in [1.82, 2.24) is 14.3 Å². The van der Waals surface area contributed by atoms with Gasteiger partial charge >= 0.3 is 6.18 Å². The van der Waals surface area contributed by atoms with E-state index in [1.165, 1.54) is 4.31 Å². The number of halogens is 3. The number of carbonyl (C=O) groups excluding carboxylic acids is 1. The Kier molecular flexibility index (Phi) is 5.92. The molecule has 6 nitrogen and oxygen atoms in total. The molecule has 0 saturated carbocycles. The molecule has 0 saturated heterocycles. The predicted octanol–water partition coefficient (Wildman–Crippen LogP) is 4.43. The summed E-state index contributed by atoms with van der Waals surface area (Å²) in [4.78, 5) is 20.2. The topological polar surface area (TPSA) is 78.1 Å². The largest absolute Gasteiger partial charge is 0.390 e. The third-order valence-corrected chi connectivity index (χ3v) is 6.26. The molecule has 0 amide bonds. The molecule has 3 aromatic rings. The third kappa shape index (κ3) is 4.86. The predicted molar refractivity (Wildman–Crippen MR) is 112 cm³/mol. The molecule has 0 radical (unpaired) electrons. The average Bonchev–Trinajstić information content (AvgIpc) is 3.11. The number of hydrogen-bond donors (Lipinski definition) is 2. The first-order valence-corrected chi connectivity index (χ1v) is 10.8. The second kappa shape index (κ2) is 8.64. The van der Waals surface area contributed by atoms with Gasteiger partial charge in [-0.3, -0.25) is 9.78 Å². The Morgan fingerprint density at radius 2 is 1.81 bits per heavy atom. The highest BCUT2D eigenvalue weighted by atomic mass is 32.2. The Bertz CT molecular complexity index is 1100. The molecule has 0 spiro atoms. The average molecular weight is 448 g/mol. The third-order valence-electron chi connectivity index (χ3n) is 4.87. The fourth-order valence-electron chi connectivity index (χ4n) is 3.45. The molecular formula is C21H19F3N4O2S. The van der Waals surface area contributed by atoms with Gasteiger partial charge in [0.05, 0.1) is 47.4 Å². The van der Waals surface area contributed by atoms with E-state index >= 15 is 0 Å². The second-order valence-electron chi connectivity index (χ2n) is 7.07. The minimum absolute atomic E-state index is 0.0834. The lowest BCUT2D eigenvalue weighted by atomic mass is 10.0. The monoisotopic (exact) mass is 448 g/mol. The molecule has 0 aliphatic carbocycles. The van der Waals surface area contributed by atoms with E-state index < -0.39 is 29.3 Å². The standard InChI is InChI=1S/C21H19F3N4O2S/c22-21(23,24)8-11-31(30)28-12-16-18(17(29)13-28)20(26-15-4-2-1-3-5-15)19(27-16)14-6-9-25-10-7-14/h1-7,9-10,26-27H,8,11-13H2. The molecule has 2 N–H and O–H groups in total. The minimum atomic E-state index is -4.39. The van der Waals surface area contributed by atoms with E-state index in [4.69, 9.17) is 0 Å². The van der Waals surface area contributed by atoms with Crippen LogP contribution >= 0.6 is 0 Å². The van der Waals surface area contributed by atoms with Gasteiger partial charge in [-0.25, -0.2) is 8.51 Å². The number of fused-ring (bicyclic) bond motifs is 1. The number of anilines is 2. The van der Waals surface area contributed by atoms with Crippen LogP contribution in [-0.4, -0.2) is 42.7 Å². The summed E-state index contributed by atoms with van der Waals surface area (Å²) in [5, 5.41) is 3.28. The van der Waals surface area contributed by atoms with Gasteiger partial charge in [-0.2, -0.15) is 13.2 Å². The molecule has 4 rings (SSSR count). The Labute approximate surface area is 179 Å². The molecule has 1 unspecified atom stereocenters. The van der Waals surface area contributed by atoms with Gasteiger partial charge in [0.2, 0.25) is 0 Å². The Morgan fingerprint density at radius 1 is 1.10 bits per heavy atom.